The van der Waals surface area contributed by atoms with Crippen LogP contribution in [0.1, 0.15) is 25.8 Å². The Morgan fingerprint density at radius 1 is 1.16 bits per heavy atom. The van der Waals surface area contributed by atoms with Crippen LogP contribution in [0.4, 0.5) is 0 Å². The summed E-state index contributed by atoms with van der Waals surface area (Å²) in [6.45, 7) is 5.39. The molecular formula is C13H18N2O3S. The summed E-state index contributed by atoms with van der Waals surface area (Å²) in [6.07, 6.45) is 0.189. The van der Waals surface area contributed by atoms with E-state index in [9.17, 15) is 13.2 Å². The molecule has 2 rings (SSSR count). The number of carbonyl (C=O) groups excluding carboxylic acids is 1. The van der Waals surface area contributed by atoms with Crippen molar-refractivity contribution in [1.29, 1.82) is 0 Å². The van der Waals surface area contributed by atoms with E-state index in [-0.39, 0.29) is 17.2 Å². The van der Waals surface area contributed by atoms with Crippen LogP contribution in [0.5, 0.6) is 0 Å². The third kappa shape index (κ3) is 2.26. The number of benzene rings is 1. The van der Waals surface area contributed by atoms with Crippen LogP contribution >= 0.6 is 0 Å². The summed E-state index contributed by atoms with van der Waals surface area (Å²) in [5.74, 6) is -0.194. The van der Waals surface area contributed by atoms with Crippen LogP contribution in [0.15, 0.2) is 29.2 Å². The van der Waals surface area contributed by atoms with Gasteiger partial charge in [-0.2, -0.15) is 0 Å². The molecule has 1 heterocycles. The quantitative estimate of drug-likeness (QED) is 0.827. The number of hydrazine groups is 1. The van der Waals surface area contributed by atoms with E-state index in [1.165, 1.54) is 16.5 Å². The Hall–Kier alpha value is -1.40. The highest BCUT2D eigenvalue weighted by Crippen LogP contribution is 2.34. The SMILES string of the molecule is Cc1ccc(S(=O)(=O)N2N(C)C(=O)CC2(C)C)cc1. The summed E-state index contributed by atoms with van der Waals surface area (Å²) in [6, 6.07) is 6.63. The molecule has 0 N–H and O–H groups in total. The molecule has 0 unspecified atom stereocenters. The molecule has 0 saturated carbocycles. The molecule has 0 atom stereocenters. The fourth-order valence-corrected chi connectivity index (χ4v) is 4.16. The van der Waals surface area contributed by atoms with Crippen LogP contribution in [0.3, 0.4) is 0 Å². The highest BCUT2D eigenvalue weighted by atomic mass is 32.2. The van der Waals surface area contributed by atoms with Gasteiger partial charge in [0, 0.05) is 13.5 Å². The zero-order valence-electron chi connectivity index (χ0n) is 11.5. The number of amides is 1. The van der Waals surface area contributed by atoms with Crippen LogP contribution in [0.2, 0.25) is 0 Å². The lowest BCUT2D eigenvalue weighted by atomic mass is 10.0. The first kappa shape index (κ1) is 14.0. The molecule has 19 heavy (non-hydrogen) atoms. The van der Waals surface area contributed by atoms with Crippen molar-refractivity contribution in [3.8, 4) is 0 Å². The zero-order valence-corrected chi connectivity index (χ0v) is 12.4. The minimum Gasteiger partial charge on any atom is -0.273 e. The first-order valence-corrected chi connectivity index (χ1v) is 7.49. The lowest BCUT2D eigenvalue weighted by molar-refractivity contribution is -0.131. The monoisotopic (exact) mass is 282 g/mol. The molecule has 0 bridgehead atoms. The second-order valence-corrected chi connectivity index (χ2v) is 7.24. The maximum Gasteiger partial charge on any atom is 0.260 e. The predicted octanol–water partition coefficient (Wildman–Crippen LogP) is 1.54. The van der Waals surface area contributed by atoms with Gasteiger partial charge in [0.15, 0.2) is 0 Å². The van der Waals surface area contributed by atoms with E-state index in [1.54, 1.807) is 38.1 Å². The van der Waals surface area contributed by atoms with E-state index in [0.717, 1.165) is 5.56 Å². The second kappa shape index (κ2) is 4.31. The molecule has 1 saturated heterocycles. The number of nitrogens with zero attached hydrogens (tertiary/aromatic N) is 2. The topological polar surface area (TPSA) is 57.7 Å². The third-order valence-electron chi connectivity index (χ3n) is 3.28. The van der Waals surface area contributed by atoms with E-state index in [0.29, 0.717) is 0 Å². The minimum absolute atomic E-state index is 0.189. The van der Waals surface area contributed by atoms with Crippen LogP contribution in [0.25, 0.3) is 0 Å². The predicted molar refractivity (Wildman–Crippen MR) is 71.7 cm³/mol. The van der Waals surface area contributed by atoms with E-state index in [1.807, 2.05) is 6.92 Å². The Bertz CT molecular complexity index is 605. The van der Waals surface area contributed by atoms with Gasteiger partial charge >= 0.3 is 0 Å². The molecule has 0 aromatic heterocycles. The summed E-state index contributed by atoms with van der Waals surface area (Å²) in [7, 11) is -2.22. The van der Waals surface area contributed by atoms with E-state index >= 15 is 0 Å². The molecule has 6 heteroatoms. The first-order chi connectivity index (χ1) is 8.66. The Labute approximate surface area is 113 Å². The Morgan fingerprint density at radius 2 is 1.68 bits per heavy atom. The third-order valence-corrected chi connectivity index (χ3v) is 5.34. The molecule has 0 aliphatic carbocycles. The zero-order chi connectivity index (χ0) is 14.4. The molecule has 0 spiro atoms. The summed E-state index contributed by atoms with van der Waals surface area (Å²) in [5, 5.41) is 1.19. The number of hydrogen-bond donors (Lipinski definition) is 0. The van der Waals surface area contributed by atoms with Gasteiger partial charge in [-0.3, -0.25) is 9.80 Å². The Balaban J connectivity index is 2.50. The minimum atomic E-state index is -3.71. The van der Waals surface area contributed by atoms with Crippen molar-refractivity contribution < 1.29 is 13.2 Å². The van der Waals surface area contributed by atoms with Crippen molar-refractivity contribution in [3.63, 3.8) is 0 Å². The molecule has 104 valence electrons. The lowest BCUT2D eigenvalue weighted by Gasteiger charge is -2.33. The van der Waals surface area contributed by atoms with E-state index < -0.39 is 15.6 Å². The number of rotatable bonds is 2. The van der Waals surface area contributed by atoms with Crippen molar-refractivity contribution in [2.45, 2.75) is 37.6 Å². The van der Waals surface area contributed by atoms with E-state index in [4.69, 9.17) is 0 Å². The van der Waals surface area contributed by atoms with Crippen LogP contribution in [-0.4, -0.2) is 36.3 Å². The number of hydrogen-bond acceptors (Lipinski definition) is 3. The van der Waals surface area contributed by atoms with Crippen LogP contribution < -0.4 is 0 Å². The van der Waals surface area contributed by atoms with Gasteiger partial charge in [-0.25, -0.2) is 8.42 Å². The average Bonchev–Trinajstić information content (AvgIpc) is 2.48. The van der Waals surface area contributed by atoms with Crippen molar-refractivity contribution >= 4 is 15.9 Å². The van der Waals surface area contributed by atoms with Gasteiger partial charge in [-0.15, -0.1) is 4.41 Å². The first-order valence-electron chi connectivity index (χ1n) is 6.05. The van der Waals surface area contributed by atoms with Crippen molar-refractivity contribution in [3.05, 3.63) is 29.8 Å². The summed E-state index contributed by atoms with van der Waals surface area (Å²) in [4.78, 5) is 12.0. The lowest BCUT2D eigenvalue weighted by Crippen LogP contribution is -2.49. The number of aryl methyl sites for hydroxylation is 1. The van der Waals surface area contributed by atoms with Gasteiger partial charge in [-0.1, -0.05) is 17.7 Å². The van der Waals surface area contributed by atoms with Gasteiger partial charge in [-0.05, 0) is 32.9 Å². The molecule has 1 aromatic carbocycles. The molecular weight excluding hydrogens is 264 g/mol. The van der Waals surface area contributed by atoms with Crippen LogP contribution in [-0.2, 0) is 14.8 Å². The maximum atomic E-state index is 12.6. The average molecular weight is 282 g/mol. The van der Waals surface area contributed by atoms with Gasteiger partial charge in [0.2, 0.25) is 5.91 Å². The van der Waals surface area contributed by atoms with Gasteiger partial charge in [0.05, 0.1) is 10.4 Å². The molecule has 1 amide bonds. The molecule has 1 fully saturated rings. The van der Waals surface area contributed by atoms with Gasteiger partial charge < -0.3 is 0 Å². The summed E-state index contributed by atoms with van der Waals surface area (Å²) in [5.41, 5.74) is 0.249. The Morgan fingerprint density at radius 3 is 2.11 bits per heavy atom. The Kier molecular flexibility index (Phi) is 3.18. The van der Waals surface area contributed by atoms with Gasteiger partial charge in [0.25, 0.3) is 10.0 Å². The van der Waals surface area contributed by atoms with Crippen LogP contribution in [0, 0.1) is 6.92 Å². The second-order valence-electron chi connectivity index (χ2n) is 5.47. The summed E-state index contributed by atoms with van der Waals surface area (Å²) < 4.78 is 26.5. The highest BCUT2D eigenvalue weighted by Gasteiger charge is 2.49. The number of carbonyl (C=O) groups is 1. The molecule has 1 aromatic rings. The smallest absolute Gasteiger partial charge is 0.260 e. The largest absolute Gasteiger partial charge is 0.273 e. The van der Waals surface area contributed by atoms with Crippen molar-refractivity contribution in [1.82, 2.24) is 9.42 Å². The standard InChI is InChI=1S/C13H18N2O3S/c1-10-5-7-11(8-6-10)19(17,18)15-13(2,3)9-12(16)14(15)4/h5-8H,9H2,1-4H3. The molecule has 1 aliphatic rings. The van der Waals surface area contributed by atoms with E-state index in [2.05, 4.69) is 0 Å². The maximum absolute atomic E-state index is 12.6. The van der Waals surface area contributed by atoms with Crippen molar-refractivity contribution in [2.24, 2.45) is 0 Å². The van der Waals surface area contributed by atoms with Crippen molar-refractivity contribution in [2.75, 3.05) is 7.05 Å². The molecule has 1 aliphatic heterocycles. The fraction of sp³-hybridized carbons (Fsp3) is 0.462. The number of sulfonamides is 1. The molecule has 0 radical (unpaired) electrons. The normalized spacial score (nSPS) is 20.0. The highest BCUT2D eigenvalue weighted by molar-refractivity contribution is 7.89. The summed E-state index contributed by atoms with van der Waals surface area (Å²) >= 11 is 0. The molecule has 5 nitrogen and oxygen atoms in total. The fourth-order valence-electron chi connectivity index (χ4n) is 2.36. The van der Waals surface area contributed by atoms with Gasteiger partial charge in [0.1, 0.15) is 0 Å².